The Balaban J connectivity index is 1.85. The fourth-order valence-electron chi connectivity index (χ4n) is 2.18. The van der Waals surface area contributed by atoms with Gasteiger partial charge in [0.2, 0.25) is 0 Å². The molecule has 0 spiro atoms. The number of hydrogen-bond acceptors (Lipinski definition) is 5. The van der Waals surface area contributed by atoms with Crippen molar-refractivity contribution in [3.8, 4) is 11.5 Å². The van der Waals surface area contributed by atoms with Gasteiger partial charge in [0.05, 0.1) is 19.1 Å². The van der Waals surface area contributed by atoms with Crippen LogP contribution in [0.2, 0.25) is 0 Å². The molecule has 1 fully saturated rings. The molecule has 0 aromatic heterocycles. The monoisotopic (exact) mass is 418 g/mol. The number of thioether (sulfide) groups is 1. The maximum Gasteiger partial charge on any atom is 0.264 e. The van der Waals surface area contributed by atoms with Gasteiger partial charge in [0.25, 0.3) is 5.91 Å². The first-order valence-electron chi connectivity index (χ1n) is 7.36. The van der Waals surface area contributed by atoms with E-state index < -0.39 is 0 Å². The van der Waals surface area contributed by atoms with Crippen molar-refractivity contribution < 1.29 is 14.3 Å². The lowest BCUT2D eigenvalue weighted by Crippen LogP contribution is -2.19. The summed E-state index contributed by atoms with van der Waals surface area (Å²) in [6.07, 6.45) is 1.83. The van der Waals surface area contributed by atoms with Gasteiger partial charge in [-0.25, -0.2) is 4.99 Å². The maximum absolute atomic E-state index is 12.2. The number of nitrogens with one attached hydrogen (secondary N) is 1. The number of amidine groups is 1. The second kappa shape index (κ2) is 7.76. The van der Waals surface area contributed by atoms with Crippen molar-refractivity contribution in [2.45, 2.75) is 0 Å². The largest absolute Gasteiger partial charge is 0.497 e. The number of aliphatic imine (C=N–C) groups is 1. The molecule has 1 heterocycles. The fourth-order valence-corrected chi connectivity index (χ4v) is 3.28. The molecule has 7 heteroatoms. The number of ether oxygens (including phenoxy) is 2. The summed E-state index contributed by atoms with van der Waals surface area (Å²) in [5, 5.41) is 3.28. The van der Waals surface area contributed by atoms with E-state index in [9.17, 15) is 4.79 Å². The molecule has 128 valence electrons. The minimum atomic E-state index is -0.167. The molecule has 0 saturated carbocycles. The SMILES string of the molecule is COc1ccc(N=C2NC(=O)C(=Cc3ccc(Br)cc3)S2)c(OC)c1. The molecule has 0 aliphatic carbocycles. The Morgan fingerprint density at radius 2 is 1.88 bits per heavy atom. The van der Waals surface area contributed by atoms with Gasteiger partial charge in [-0.2, -0.15) is 0 Å². The van der Waals surface area contributed by atoms with E-state index in [2.05, 4.69) is 26.2 Å². The highest BCUT2D eigenvalue weighted by Gasteiger charge is 2.24. The molecule has 25 heavy (non-hydrogen) atoms. The van der Waals surface area contributed by atoms with Crippen molar-refractivity contribution in [2.75, 3.05) is 14.2 Å². The molecule has 0 radical (unpaired) electrons. The molecular formula is C18H15BrN2O3S. The number of rotatable bonds is 4. The molecule has 0 atom stereocenters. The van der Waals surface area contributed by atoms with Crippen molar-refractivity contribution in [2.24, 2.45) is 4.99 Å². The minimum absolute atomic E-state index is 0.167. The highest BCUT2D eigenvalue weighted by molar-refractivity contribution is 9.10. The normalized spacial score (nSPS) is 17.0. The smallest absolute Gasteiger partial charge is 0.264 e. The van der Waals surface area contributed by atoms with Crippen LogP contribution in [0.1, 0.15) is 5.56 Å². The van der Waals surface area contributed by atoms with Crippen LogP contribution in [0.3, 0.4) is 0 Å². The van der Waals surface area contributed by atoms with Crippen molar-refractivity contribution in [3.05, 3.63) is 57.4 Å². The Labute approximate surface area is 158 Å². The third-order valence-corrected chi connectivity index (χ3v) is 4.87. The van der Waals surface area contributed by atoms with Crippen LogP contribution in [0.4, 0.5) is 5.69 Å². The van der Waals surface area contributed by atoms with Crippen LogP contribution >= 0.6 is 27.7 Å². The third-order valence-electron chi connectivity index (χ3n) is 3.43. The number of halogens is 1. The Morgan fingerprint density at radius 3 is 2.56 bits per heavy atom. The second-order valence-electron chi connectivity index (χ2n) is 5.07. The molecule has 1 aliphatic heterocycles. The van der Waals surface area contributed by atoms with Crippen LogP contribution in [-0.2, 0) is 4.79 Å². The highest BCUT2D eigenvalue weighted by atomic mass is 79.9. The van der Waals surface area contributed by atoms with Gasteiger partial charge in [-0.15, -0.1) is 0 Å². The van der Waals surface area contributed by atoms with E-state index in [-0.39, 0.29) is 5.91 Å². The Kier molecular flexibility index (Phi) is 5.45. The van der Waals surface area contributed by atoms with Crippen LogP contribution in [0.5, 0.6) is 11.5 Å². The van der Waals surface area contributed by atoms with Crippen LogP contribution in [0.15, 0.2) is 56.8 Å². The molecule has 2 aromatic rings. The molecule has 5 nitrogen and oxygen atoms in total. The Morgan fingerprint density at radius 1 is 1.12 bits per heavy atom. The van der Waals surface area contributed by atoms with Crippen LogP contribution in [0, 0.1) is 0 Å². The predicted molar refractivity (Wildman–Crippen MR) is 104 cm³/mol. The molecule has 3 rings (SSSR count). The summed E-state index contributed by atoms with van der Waals surface area (Å²) in [5.41, 5.74) is 1.57. The number of carbonyl (C=O) groups excluding carboxylic acids is 1. The van der Waals surface area contributed by atoms with E-state index in [0.29, 0.717) is 27.3 Å². The lowest BCUT2D eigenvalue weighted by Gasteiger charge is -2.07. The number of methoxy groups -OCH3 is 2. The van der Waals surface area contributed by atoms with Crippen molar-refractivity contribution in [1.82, 2.24) is 5.32 Å². The van der Waals surface area contributed by atoms with Crippen LogP contribution in [-0.4, -0.2) is 25.3 Å². The summed E-state index contributed by atoms with van der Waals surface area (Å²) in [7, 11) is 3.16. The summed E-state index contributed by atoms with van der Waals surface area (Å²) in [5.74, 6) is 1.09. The van der Waals surface area contributed by atoms with Crippen LogP contribution < -0.4 is 14.8 Å². The summed E-state index contributed by atoms with van der Waals surface area (Å²) in [6.45, 7) is 0. The first-order chi connectivity index (χ1) is 12.1. The van der Waals surface area contributed by atoms with E-state index in [1.165, 1.54) is 11.8 Å². The van der Waals surface area contributed by atoms with E-state index in [1.807, 2.05) is 30.3 Å². The highest BCUT2D eigenvalue weighted by Crippen LogP contribution is 2.34. The van der Waals surface area contributed by atoms with Crippen molar-refractivity contribution in [3.63, 3.8) is 0 Å². The van der Waals surface area contributed by atoms with Gasteiger partial charge in [-0.3, -0.25) is 4.79 Å². The minimum Gasteiger partial charge on any atom is -0.497 e. The Hall–Kier alpha value is -2.25. The average molecular weight is 419 g/mol. The van der Waals surface area contributed by atoms with E-state index in [4.69, 9.17) is 9.47 Å². The second-order valence-corrected chi connectivity index (χ2v) is 7.02. The molecule has 1 aliphatic rings. The first kappa shape index (κ1) is 17.6. The number of benzene rings is 2. The van der Waals surface area contributed by atoms with Crippen molar-refractivity contribution in [1.29, 1.82) is 0 Å². The van der Waals surface area contributed by atoms with E-state index in [1.54, 1.807) is 32.4 Å². The number of amides is 1. The Bertz CT molecular complexity index is 863. The zero-order chi connectivity index (χ0) is 17.8. The number of nitrogens with zero attached hydrogens (tertiary/aromatic N) is 1. The molecule has 0 bridgehead atoms. The molecule has 1 N–H and O–H groups in total. The van der Waals surface area contributed by atoms with Gasteiger partial charge in [-0.1, -0.05) is 28.1 Å². The zero-order valence-corrected chi connectivity index (χ0v) is 16.0. The van der Waals surface area contributed by atoms with Gasteiger partial charge < -0.3 is 14.8 Å². The fraction of sp³-hybridized carbons (Fsp3) is 0.111. The lowest BCUT2D eigenvalue weighted by atomic mass is 10.2. The topological polar surface area (TPSA) is 59.9 Å². The maximum atomic E-state index is 12.2. The van der Waals surface area contributed by atoms with Gasteiger partial charge in [-0.05, 0) is 47.7 Å². The van der Waals surface area contributed by atoms with Gasteiger partial charge >= 0.3 is 0 Å². The standard InChI is InChI=1S/C18H15BrN2O3S/c1-23-13-7-8-14(15(10-13)24-2)20-18-21-17(22)16(25-18)9-11-3-5-12(19)6-4-11/h3-10H,1-2H3,(H,20,21,22). The van der Waals surface area contributed by atoms with Gasteiger partial charge in [0, 0.05) is 10.5 Å². The first-order valence-corrected chi connectivity index (χ1v) is 8.97. The van der Waals surface area contributed by atoms with Crippen molar-refractivity contribution >= 4 is 50.5 Å². The zero-order valence-electron chi connectivity index (χ0n) is 13.6. The van der Waals surface area contributed by atoms with Crippen LogP contribution in [0.25, 0.3) is 6.08 Å². The molecule has 0 unspecified atom stereocenters. The molecule has 2 aromatic carbocycles. The molecule has 1 amide bonds. The quantitative estimate of drug-likeness (QED) is 0.749. The van der Waals surface area contributed by atoms with Gasteiger partial charge in [0.1, 0.15) is 17.2 Å². The molecular weight excluding hydrogens is 404 g/mol. The summed E-state index contributed by atoms with van der Waals surface area (Å²) in [6, 6.07) is 13.1. The number of carbonyl (C=O) groups is 1. The number of hydrogen-bond donors (Lipinski definition) is 1. The van der Waals surface area contributed by atoms with E-state index >= 15 is 0 Å². The van der Waals surface area contributed by atoms with Gasteiger partial charge in [0.15, 0.2) is 5.17 Å². The average Bonchev–Trinajstić information content (AvgIpc) is 2.96. The third kappa shape index (κ3) is 4.24. The summed E-state index contributed by atoms with van der Waals surface area (Å²) < 4.78 is 11.5. The summed E-state index contributed by atoms with van der Waals surface area (Å²) >= 11 is 4.69. The predicted octanol–water partition coefficient (Wildman–Crippen LogP) is 4.36. The van der Waals surface area contributed by atoms with E-state index in [0.717, 1.165) is 10.0 Å². The molecule has 1 saturated heterocycles. The summed E-state index contributed by atoms with van der Waals surface area (Å²) in [4.78, 5) is 17.2. The lowest BCUT2D eigenvalue weighted by molar-refractivity contribution is -0.115.